The molecule has 0 saturated heterocycles. The Hall–Kier alpha value is -1.34. The number of ether oxygens (including phenoxy) is 1. The molecule has 104 valence electrons. The first-order chi connectivity index (χ1) is 8.43. The highest BCUT2D eigenvalue weighted by molar-refractivity contribution is 5.83. The normalized spacial score (nSPS) is 26.4. The van der Waals surface area contributed by atoms with Crippen LogP contribution in [0, 0.1) is 0 Å². The Labute approximate surface area is 106 Å². The van der Waals surface area contributed by atoms with Crippen LogP contribution in [0.15, 0.2) is 0 Å². The molecule has 0 bridgehead atoms. The van der Waals surface area contributed by atoms with Crippen LogP contribution >= 0.6 is 0 Å². The maximum Gasteiger partial charge on any atom is 0.328 e. The number of aliphatic hydroxyl groups excluding tert-OH is 1. The van der Waals surface area contributed by atoms with Gasteiger partial charge in [-0.15, -0.1) is 0 Å². The summed E-state index contributed by atoms with van der Waals surface area (Å²) >= 11 is 0. The molecule has 1 aliphatic rings. The van der Waals surface area contributed by atoms with E-state index >= 15 is 0 Å². The number of rotatable bonds is 5. The number of aliphatic hydroxyl groups is 1. The van der Waals surface area contributed by atoms with Crippen LogP contribution < -0.4 is 10.6 Å². The molecule has 0 aromatic rings. The molecule has 0 aromatic heterocycles. The van der Waals surface area contributed by atoms with E-state index in [9.17, 15) is 14.7 Å². The summed E-state index contributed by atoms with van der Waals surface area (Å²) in [6.07, 6.45) is 1.39. The van der Waals surface area contributed by atoms with E-state index in [0.717, 1.165) is 19.3 Å². The predicted molar refractivity (Wildman–Crippen MR) is 63.2 cm³/mol. The Morgan fingerprint density at radius 2 is 2.06 bits per heavy atom. The molecule has 1 fully saturated rings. The fourth-order valence-corrected chi connectivity index (χ4v) is 2.04. The van der Waals surface area contributed by atoms with Crippen LogP contribution in [-0.2, 0) is 9.53 Å². The average molecular weight is 260 g/mol. The van der Waals surface area contributed by atoms with Gasteiger partial charge in [-0.2, -0.15) is 0 Å². The molecule has 0 aromatic carbocycles. The highest BCUT2D eigenvalue weighted by Crippen LogP contribution is 2.21. The second kappa shape index (κ2) is 6.55. The van der Waals surface area contributed by atoms with Crippen molar-refractivity contribution in [3.63, 3.8) is 0 Å². The number of carboxylic acids is 1. The monoisotopic (exact) mass is 260 g/mol. The zero-order chi connectivity index (χ0) is 13.7. The fourth-order valence-electron chi connectivity index (χ4n) is 2.04. The van der Waals surface area contributed by atoms with E-state index in [-0.39, 0.29) is 12.1 Å². The van der Waals surface area contributed by atoms with Crippen LogP contribution in [0.5, 0.6) is 0 Å². The van der Waals surface area contributed by atoms with E-state index in [2.05, 4.69) is 10.6 Å². The Morgan fingerprint density at radius 1 is 1.39 bits per heavy atom. The summed E-state index contributed by atoms with van der Waals surface area (Å²) in [5.74, 6) is -1.26. The summed E-state index contributed by atoms with van der Waals surface area (Å²) in [4.78, 5) is 22.4. The molecule has 0 heterocycles. The van der Waals surface area contributed by atoms with Crippen molar-refractivity contribution < 1.29 is 24.5 Å². The van der Waals surface area contributed by atoms with Gasteiger partial charge in [0.25, 0.3) is 0 Å². The lowest BCUT2D eigenvalue weighted by atomic mass is 10.2. The van der Waals surface area contributed by atoms with Gasteiger partial charge in [-0.3, -0.25) is 0 Å². The van der Waals surface area contributed by atoms with Gasteiger partial charge in [0.1, 0.15) is 0 Å². The topological polar surface area (TPSA) is 108 Å². The third kappa shape index (κ3) is 4.15. The zero-order valence-electron chi connectivity index (χ0n) is 10.5. The van der Waals surface area contributed by atoms with E-state index in [4.69, 9.17) is 9.84 Å². The molecule has 4 N–H and O–H groups in total. The summed E-state index contributed by atoms with van der Waals surface area (Å²) in [6.45, 7) is 1.32. The number of nitrogens with one attached hydrogen (secondary N) is 2. The average Bonchev–Trinajstić information content (AvgIpc) is 2.72. The van der Waals surface area contributed by atoms with Crippen LogP contribution in [0.4, 0.5) is 4.79 Å². The molecule has 1 rings (SSSR count). The number of hydrogen-bond donors (Lipinski definition) is 4. The van der Waals surface area contributed by atoms with E-state index in [0.29, 0.717) is 0 Å². The third-order valence-electron chi connectivity index (χ3n) is 3.09. The first-order valence-electron chi connectivity index (χ1n) is 5.94. The first-order valence-corrected chi connectivity index (χ1v) is 5.94. The quantitative estimate of drug-likeness (QED) is 0.542. The number of carbonyl (C=O) groups is 2. The molecule has 0 aliphatic heterocycles. The number of aliphatic carboxylic acids is 1. The summed E-state index contributed by atoms with van der Waals surface area (Å²) < 4.78 is 5.17. The number of amides is 2. The Kier molecular flexibility index (Phi) is 5.36. The Bertz CT molecular complexity index is 308. The van der Waals surface area contributed by atoms with Crippen molar-refractivity contribution in [3.05, 3.63) is 0 Å². The predicted octanol–water partition coefficient (Wildman–Crippen LogP) is -0.313. The number of carbonyl (C=O) groups excluding carboxylic acids is 1. The number of methoxy groups -OCH3 is 1. The highest BCUT2D eigenvalue weighted by atomic mass is 16.5. The minimum absolute atomic E-state index is 0.0154. The summed E-state index contributed by atoms with van der Waals surface area (Å²) in [7, 11) is 1.63. The SMILES string of the molecule is COC1CCC(NC(=O)N[C@H](C(=O)O)[C@@H](C)O)C1. The fraction of sp³-hybridized carbons (Fsp3) is 0.818. The number of urea groups is 1. The van der Waals surface area contributed by atoms with Crippen molar-refractivity contribution in [2.24, 2.45) is 0 Å². The molecule has 0 spiro atoms. The molecule has 7 heteroatoms. The largest absolute Gasteiger partial charge is 0.480 e. The van der Waals surface area contributed by atoms with Crippen molar-refractivity contribution in [2.45, 2.75) is 50.5 Å². The van der Waals surface area contributed by atoms with Crippen LogP contribution in [0.25, 0.3) is 0 Å². The van der Waals surface area contributed by atoms with Crippen LogP contribution in [0.2, 0.25) is 0 Å². The molecule has 2 amide bonds. The molecule has 1 aliphatic carbocycles. The number of hydrogen-bond acceptors (Lipinski definition) is 4. The van der Waals surface area contributed by atoms with Crippen molar-refractivity contribution in [1.82, 2.24) is 10.6 Å². The second-order valence-electron chi connectivity index (χ2n) is 4.54. The summed E-state index contributed by atoms with van der Waals surface area (Å²) in [5, 5.41) is 23.0. The van der Waals surface area contributed by atoms with Crippen LogP contribution in [0.3, 0.4) is 0 Å². The van der Waals surface area contributed by atoms with E-state index in [1.54, 1.807) is 7.11 Å². The van der Waals surface area contributed by atoms with Crippen LogP contribution in [-0.4, -0.2) is 53.6 Å². The van der Waals surface area contributed by atoms with Gasteiger partial charge in [0.05, 0.1) is 12.2 Å². The lowest BCUT2D eigenvalue weighted by Crippen LogP contribution is -2.52. The van der Waals surface area contributed by atoms with Crippen LogP contribution in [0.1, 0.15) is 26.2 Å². The standard InChI is InChI=1S/C11H20N2O5/c1-6(14)9(10(15)16)13-11(17)12-7-3-4-8(5-7)18-2/h6-9,14H,3-5H2,1-2H3,(H,15,16)(H2,12,13,17)/t6-,7?,8?,9+/m1/s1. The van der Waals surface area contributed by atoms with Crippen molar-refractivity contribution in [1.29, 1.82) is 0 Å². The van der Waals surface area contributed by atoms with Gasteiger partial charge in [0, 0.05) is 13.2 Å². The first kappa shape index (κ1) is 14.7. The Morgan fingerprint density at radius 3 is 2.50 bits per heavy atom. The molecule has 7 nitrogen and oxygen atoms in total. The third-order valence-corrected chi connectivity index (χ3v) is 3.09. The molecule has 2 unspecified atom stereocenters. The maximum atomic E-state index is 11.6. The molecule has 0 radical (unpaired) electrons. The molecular weight excluding hydrogens is 240 g/mol. The lowest BCUT2D eigenvalue weighted by molar-refractivity contribution is -0.141. The molecule has 1 saturated carbocycles. The Balaban J connectivity index is 2.39. The second-order valence-corrected chi connectivity index (χ2v) is 4.54. The van der Waals surface area contributed by atoms with Crippen molar-refractivity contribution >= 4 is 12.0 Å². The minimum atomic E-state index is -1.30. The molecule has 18 heavy (non-hydrogen) atoms. The zero-order valence-corrected chi connectivity index (χ0v) is 10.5. The molecule has 4 atom stereocenters. The summed E-state index contributed by atoms with van der Waals surface area (Å²) in [5.41, 5.74) is 0. The van der Waals surface area contributed by atoms with E-state index < -0.39 is 24.1 Å². The van der Waals surface area contributed by atoms with E-state index in [1.807, 2.05) is 0 Å². The van der Waals surface area contributed by atoms with Gasteiger partial charge < -0.3 is 25.6 Å². The highest BCUT2D eigenvalue weighted by Gasteiger charge is 2.28. The van der Waals surface area contributed by atoms with Gasteiger partial charge in [-0.25, -0.2) is 9.59 Å². The van der Waals surface area contributed by atoms with Crippen molar-refractivity contribution in [2.75, 3.05) is 7.11 Å². The smallest absolute Gasteiger partial charge is 0.328 e. The van der Waals surface area contributed by atoms with Gasteiger partial charge in [-0.05, 0) is 26.2 Å². The minimum Gasteiger partial charge on any atom is -0.480 e. The van der Waals surface area contributed by atoms with Gasteiger partial charge in [-0.1, -0.05) is 0 Å². The van der Waals surface area contributed by atoms with E-state index in [1.165, 1.54) is 6.92 Å². The van der Waals surface area contributed by atoms with Gasteiger partial charge >= 0.3 is 12.0 Å². The van der Waals surface area contributed by atoms with Gasteiger partial charge in [0.2, 0.25) is 0 Å². The molecular formula is C11H20N2O5. The lowest BCUT2D eigenvalue weighted by Gasteiger charge is -2.19. The van der Waals surface area contributed by atoms with Crippen molar-refractivity contribution in [3.8, 4) is 0 Å². The maximum absolute atomic E-state index is 11.6. The van der Waals surface area contributed by atoms with Gasteiger partial charge in [0.15, 0.2) is 6.04 Å². The number of carboxylic acid groups (broad SMARTS) is 1. The summed E-state index contributed by atoms with van der Waals surface area (Å²) in [6, 6.07) is -1.90.